The summed E-state index contributed by atoms with van der Waals surface area (Å²) in [6.45, 7) is 0. The van der Waals surface area contributed by atoms with Gasteiger partial charge in [0.15, 0.2) is 5.76 Å². The first-order valence-electron chi connectivity index (χ1n) is 4.81. The van der Waals surface area contributed by atoms with Crippen LogP contribution in [0.3, 0.4) is 0 Å². The van der Waals surface area contributed by atoms with Crippen LogP contribution >= 0.6 is 0 Å². The van der Waals surface area contributed by atoms with Gasteiger partial charge < -0.3 is 10.2 Å². The van der Waals surface area contributed by atoms with Gasteiger partial charge in [-0.2, -0.15) is 13.2 Å². The van der Waals surface area contributed by atoms with E-state index in [4.69, 9.17) is 10.2 Å². The fraction of sp³-hybridized carbons (Fsp3) is 0.0909. The second-order valence-electron chi connectivity index (χ2n) is 3.47. The Bertz CT molecular complexity index is 590. The average Bonchev–Trinajstić information content (AvgIpc) is 2.77. The lowest BCUT2D eigenvalue weighted by Crippen LogP contribution is -2.10. The van der Waals surface area contributed by atoms with Crippen molar-refractivity contribution in [3.05, 3.63) is 41.9 Å². The lowest BCUT2D eigenvalue weighted by molar-refractivity contribution is -0.137. The molecule has 1 heterocycles. The number of halogens is 3. The van der Waals surface area contributed by atoms with E-state index >= 15 is 0 Å². The van der Waals surface area contributed by atoms with Crippen molar-refractivity contribution in [3.63, 3.8) is 0 Å². The Hall–Kier alpha value is -2.31. The molecule has 7 heteroatoms. The lowest BCUT2D eigenvalue weighted by Gasteiger charge is -2.06. The monoisotopic (exact) mass is 256 g/mol. The minimum Gasteiger partial charge on any atom is -0.432 e. The molecule has 4 nitrogen and oxygen atoms in total. The van der Waals surface area contributed by atoms with Gasteiger partial charge in [0.1, 0.15) is 0 Å². The summed E-state index contributed by atoms with van der Waals surface area (Å²) in [7, 11) is 0. The molecule has 0 unspecified atom stereocenters. The van der Waals surface area contributed by atoms with E-state index in [1.807, 2.05) is 0 Å². The van der Waals surface area contributed by atoms with Crippen molar-refractivity contribution in [1.82, 2.24) is 4.98 Å². The van der Waals surface area contributed by atoms with E-state index in [2.05, 4.69) is 4.98 Å². The second kappa shape index (κ2) is 4.17. The number of benzene rings is 1. The Kier molecular flexibility index (Phi) is 2.82. The zero-order chi connectivity index (χ0) is 13.3. The van der Waals surface area contributed by atoms with Gasteiger partial charge in [-0.25, -0.2) is 4.98 Å². The Balaban J connectivity index is 2.41. The van der Waals surface area contributed by atoms with Gasteiger partial charge >= 0.3 is 12.1 Å². The fourth-order valence-corrected chi connectivity index (χ4v) is 1.37. The third kappa shape index (κ3) is 2.34. The van der Waals surface area contributed by atoms with E-state index in [1.165, 1.54) is 12.1 Å². The van der Waals surface area contributed by atoms with Gasteiger partial charge in [-0.1, -0.05) is 12.1 Å². The predicted molar refractivity (Wildman–Crippen MR) is 55.5 cm³/mol. The highest BCUT2D eigenvalue weighted by atomic mass is 19.4. The highest BCUT2D eigenvalue weighted by Crippen LogP contribution is 2.32. The zero-order valence-electron chi connectivity index (χ0n) is 8.86. The van der Waals surface area contributed by atoms with Crippen LogP contribution in [0.4, 0.5) is 13.2 Å². The predicted octanol–water partition coefficient (Wildman–Crippen LogP) is 2.46. The quantitative estimate of drug-likeness (QED) is 0.897. The number of hydrogen-bond donors (Lipinski definition) is 1. The SMILES string of the molecule is NC(=O)c1ncc(-c2cccc(C(F)(F)F)c2)o1. The molecule has 18 heavy (non-hydrogen) atoms. The molecule has 0 fully saturated rings. The maximum atomic E-state index is 12.5. The normalized spacial score (nSPS) is 11.5. The molecule has 2 N–H and O–H groups in total. The number of rotatable bonds is 2. The van der Waals surface area contributed by atoms with Crippen LogP contribution < -0.4 is 5.73 Å². The summed E-state index contributed by atoms with van der Waals surface area (Å²) in [5.74, 6) is -1.18. The summed E-state index contributed by atoms with van der Waals surface area (Å²) >= 11 is 0. The van der Waals surface area contributed by atoms with Gasteiger partial charge in [0.25, 0.3) is 5.89 Å². The first-order valence-corrected chi connectivity index (χ1v) is 4.81. The van der Waals surface area contributed by atoms with Crippen LogP contribution in [0.2, 0.25) is 0 Å². The summed E-state index contributed by atoms with van der Waals surface area (Å²) in [6, 6.07) is 4.51. The third-order valence-corrected chi connectivity index (χ3v) is 2.19. The standard InChI is InChI=1S/C11H7F3N2O2/c12-11(13,14)7-3-1-2-6(4-7)8-5-16-10(18-8)9(15)17/h1-5H,(H2,15,17). The van der Waals surface area contributed by atoms with Crippen molar-refractivity contribution in [1.29, 1.82) is 0 Å². The molecular weight excluding hydrogens is 249 g/mol. The Labute approximate surface area is 99.2 Å². The number of carbonyl (C=O) groups is 1. The van der Waals surface area contributed by atoms with Crippen LogP contribution in [0, 0.1) is 0 Å². The van der Waals surface area contributed by atoms with Crippen molar-refractivity contribution in [2.75, 3.05) is 0 Å². The molecule has 0 bridgehead atoms. The van der Waals surface area contributed by atoms with E-state index in [1.54, 1.807) is 0 Å². The number of hydrogen-bond acceptors (Lipinski definition) is 3. The molecule has 0 spiro atoms. The molecule has 94 valence electrons. The highest BCUT2D eigenvalue weighted by Gasteiger charge is 2.30. The molecular formula is C11H7F3N2O2. The largest absolute Gasteiger partial charge is 0.432 e. The van der Waals surface area contributed by atoms with E-state index < -0.39 is 17.6 Å². The number of carbonyl (C=O) groups excluding carboxylic acids is 1. The first kappa shape index (κ1) is 12.2. The number of oxazole rings is 1. The number of aromatic nitrogens is 1. The minimum absolute atomic E-state index is 0.0508. The summed E-state index contributed by atoms with van der Waals surface area (Å²) < 4.78 is 42.4. The number of alkyl halides is 3. The number of primary amides is 1. The van der Waals surface area contributed by atoms with Crippen LogP contribution in [0.25, 0.3) is 11.3 Å². The van der Waals surface area contributed by atoms with Crippen LogP contribution in [0.15, 0.2) is 34.9 Å². The van der Waals surface area contributed by atoms with Gasteiger partial charge in [0, 0.05) is 5.56 Å². The third-order valence-electron chi connectivity index (χ3n) is 2.19. The summed E-state index contributed by atoms with van der Waals surface area (Å²) in [5, 5.41) is 0. The average molecular weight is 256 g/mol. The van der Waals surface area contributed by atoms with Crippen LogP contribution in [-0.4, -0.2) is 10.9 Å². The molecule has 0 aliphatic heterocycles. The van der Waals surface area contributed by atoms with E-state index in [0.29, 0.717) is 0 Å². The molecule has 0 aliphatic carbocycles. The van der Waals surface area contributed by atoms with Crippen molar-refractivity contribution in [3.8, 4) is 11.3 Å². The maximum Gasteiger partial charge on any atom is 0.416 e. The molecule has 2 aromatic rings. The number of amides is 1. The van der Waals surface area contributed by atoms with Gasteiger partial charge in [0.05, 0.1) is 11.8 Å². The molecule has 1 amide bonds. The Morgan fingerprint density at radius 1 is 1.33 bits per heavy atom. The highest BCUT2D eigenvalue weighted by molar-refractivity contribution is 5.88. The number of nitrogens with two attached hydrogens (primary N) is 1. The van der Waals surface area contributed by atoms with Crippen molar-refractivity contribution < 1.29 is 22.4 Å². The van der Waals surface area contributed by atoms with Gasteiger partial charge in [-0.05, 0) is 12.1 Å². The van der Waals surface area contributed by atoms with Crippen LogP contribution in [0.1, 0.15) is 16.2 Å². The van der Waals surface area contributed by atoms with Crippen molar-refractivity contribution in [2.45, 2.75) is 6.18 Å². The second-order valence-corrected chi connectivity index (χ2v) is 3.47. The topological polar surface area (TPSA) is 69.1 Å². The van der Waals surface area contributed by atoms with Gasteiger partial charge in [-0.3, -0.25) is 4.79 Å². The lowest BCUT2D eigenvalue weighted by atomic mass is 10.1. The molecule has 0 saturated carbocycles. The summed E-state index contributed by atoms with van der Waals surface area (Å²) in [6.07, 6.45) is -3.29. The van der Waals surface area contributed by atoms with Gasteiger partial charge in [-0.15, -0.1) is 0 Å². The summed E-state index contributed by atoms with van der Waals surface area (Å²) in [4.78, 5) is 14.3. The van der Waals surface area contributed by atoms with E-state index in [-0.39, 0.29) is 17.2 Å². The molecule has 0 saturated heterocycles. The Morgan fingerprint density at radius 2 is 2.06 bits per heavy atom. The zero-order valence-corrected chi connectivity index (χ0v) is 8.86. The molecule has 0 aliphatic rings. The smallest absolute Gasteiger partial charge is 0.416 e. The van der Waals surface area contributed by atoms with E-state index in [0.717, 1.165) is 18.3 Å². The van der Waals surface area contributed by atoms with Crippen molar-refractivity contribution in [2.24, 2.45) is 5.73 Å². The van der Waals surface area contributed by atoms with Crippen molar-refractivity contribution >= 4 is 5.91 Å². The Morgan fingerprint density at radius 3 is 2.61 bits per heavy atom. The minimum atomic E-state index is -4.44. The maximum absolute atomic E-state index is 12.5. The van der Waals surface area contributed by atoms with Crippen LogP contribution in [-0.2, 0) is 6.18 Å². The first-order chi connectivity index (χ1) is 8.38. The molecule has 2 rings (SSSR count). The van der Waals surface area contributed by atoms with Crippen LogP contribution in [0.5, 0.6) is 0 Å². The van der Waals surface area contributed by atoms with E-state index in [9.17, 15) is 18.0 Å². The summed E-state index contributed by atoms with van der Waals surface area (Å²) in [5.41, 5.74) is 4.29. The molecule has 1 aromatic heterocycles. The molecule has 1 aromatic carbocycles. The molecule has 0 radical (unpaired) electrons. The van der Waals surface area contributed by atoms with Gasteiger partial charge in [0.2, 0.25) is 0 Å². The molecule has 0 atom stereocenters. The fourth-order valence-electron chi connectivity index (χ4n) is 1.37. The number of nitrogens with zero attached hydrogens (tertiary/aromatic N) is 1.